The maximum Gasteiger partial charge on any atom is 0.0829 e. The highest BCUT2D eigenvalue weighted by Crippen LogP contribution is 2.40. The molecule has 0 amide bonds. The molecule has 3 atom stereocenters. The van der Waals surface area contributed by atoms with Crippen LogP contribution < -0.4 is 0 Å². The number of rotatable bonds is 1. The lowest BCUT2D eigenvalue weighted by molar-refractivity contribution is -0.101. The van der Waals surface area contributed by atoms with E-state index < -0.39 is 0 Å². The maximum atomic E-state index is 6.28. The second-order valence-corrected chi connectivity index (χ2v) is 5.20. The minimum Gasteiger partial charge on any atom is -0.370 e. The second-order valence-electron chi connectivity index (χ2n) is 5.20. The minimum atomic E-state index is 0.362. The van der Waals surface area contributed by atoms with Crippen molar-refractivity contribution in [2.45, 2.75) is 50.7 Å². The van der Waals surface area contributed by atoms with Gasteiger partial charge in [-0.05, 0) is 37.2 Å². The van der Waals surface area contributed by atoms with Crippen molar-refractivity contribution in [2.24, 2.45) is 5.92 Å². The molecule has 1 aliphatic heterocycles. The Kier molecular flexibility index (Phi) is 2.96. The fourth-order valence-corrected chi connectivity index (χ4v) is 3.24. The van der Waals surface area contributed by atoms with Crippen LogP contribution in [0.5, 0.6) is 0 Å². The highest BCUT2D eigenvalue weighted by Gasteiger charge is 2.33. The Morgan fingerprint density at radius 3 is 2.56 bits per heavy atom. The molecule has 0 aromatic heterocycles. The molecule has 0 N–H and O–H groups in total. The molecule has 86 valence electrons. The van der Waals surface area contributed by atoms with E-state index in [1.807, 2.05) is 0 Å². The first-order valence-corrected chi connectivity index (χ1v) is 6.64. The van der Waals surface area contributed by atoms with Gasteiger partial charge >= 0.3 is 0 Å². The quantitative estimate of drug-likeness (QED) is 0.687. The summed E-state index contributed by atoms with van der Waals surface area (Å²) in [5, 5.41) is 0. The summed E-state index contributed by atoms with van der Waals surface area (Å²) in [6.45, 7) is 0. The third-order valence-corrected chi connectivity index (χ3v) is 4.15. The Morgan fingerprint density at radius 2 is 1.69 bits per heavy atom. The van der Waals surface area contributed by atoms with Crippen LogP contribution in [-0.4, -0.2) is 6.10 Å². The Balaban J connectivity index is 1.71. The van der Waals surface area contributed by atoms with E-state index in [0.29, 0.717) is 12.2 Å². The minimum absolute atomic E-state index is 0.362. The van der Waals surface area contributed by atoms with Crippen molar-refractivity contribution in [2.75, 3.05) is 0 Å². The number of fused-ring (bicyclic) bond motifs is 1. The van der Waals surface area contributed by atoms with Gasteiger partial charge in [-0.15, -0.1) is 0 Å². The molecule has 0 bridgehead atoms. The number of hydrogen-bond acceptors (Lipinski definition) is 1. The van der Waals surface area contributed by atoms with Crippen LogP contribution in [0.2, 0.25) is 0 Å². The lowest BCUT2D eigenvalue weighted by Crippen LogP contribution is -2.33. The van der Waals surface area contributed by atoms with Crippen molar-refractivity contribution in [3.63, 3.8) is 0 Å². The van der Waals surface area contributed by atoms with Crippen LogP contribution >= 0.6 is 0 Å². The van der Waals surface area contributed by atoms with Gasteiger partial charge < -0.3 is 4.74 Å². The van der Waals surface area contributed by atoms with Gasteiger partial charge in [0.2, 0.25) is 0 Å². The molecule has 0 spiro atoms. The molecule has 1 aliphatic carbocycles. The second kappa shape index (κ2) is 4.58. The normalized spacial score (nSPS) is 34.4. The molecular formula is C15H20O. The first-order valence-electron chi connectivity index (χ1n) is 6.64. The first-order chi connectivity index (χ1) is 7.93. The highest BCUT2D eigenvalue weighted by molar-refractivity contribution is 5.18. The summed E-state index contributed by atoms with van der Waals surface area (Å²) in [6, 6.07) is 10.7. The van der Waals surface area contributed by atoms with Gasteiger partial charge in [-0.25, -0.2) is 0 Å². The standard InChI is InChI=1S/C15H20O/c1-2-6-12(7-3-1)15-11-10-13-8-4-5-9-14(13)16-15/h1-3,6-7,13-15H,4-5,8-11H2/t13-,14+,15+/m0/s1. The molecule has 2 fully saturated rings. The van der Waals surface area contributed by atoms with Gasteiger partial charge in [-0.1, -0.05) is 43.2 Å². The smallest absolute Gasteiger partial charge is 0.0829 e. The van der Waals surface area contributed by atoms with Gasteiger partial charge in [-0.3, -0.25) is 0 Å². The Bertz CT molecular complexity index is 333. The molecular weight excluding hydrogens is 196 g/mol. The fraction of sp³-hybridized carbons (Fsp3) is 0.600. The largest absolute Gasteiger partial charge is 0.370 e. The topological polar surface area (TPSA) is 9.23 Å². The van der Waals surface area contributed by atoms with Gasteiger partial charge in [0.05, 0.1) is 12.2 Å². The predicted octanol–water partition coefficient (Wildman–Crippen LogP) is 4.10. The number of ether oxygens (including phenoxy) is 1. The van der Waals surface area contributed by atoms with E-state index >= 15 is 0 Å². The summed E-state index contributed by atoms with van der Waals surface area (Å²) in [5.74, 6) is 0.855. The lowest BCUT2D eigenvalue weighted by atomic mass is 9.80. The fourth-order valence-electron chi connectivity index (χ4n) is 3.24. The Morgan fingerprint density at radius 1 is 0.875 bits per heavy atom. The van der Waals surface area contributed by atoms with Crippen LogP contribution in [0.25, 0.3) is 0 Å². The van der Waals surface area contributed by atoms with Crippen LogP contribution in [0.15, 0.2) is 30.3 Å². The number of hydrogen-bond donors (Lipinski definition) is 0. The predicted molar refractivity (Wildman–Crippen MR) is 65.2 cm³/mol. The third-order valence-electron chi connectivity index (χ3n) is 4.15. The van der Waals surface area contributed by atoms with Crippen molar-refractivity contribution >= 4 is 0 Å². The molecule has 1 nitrogen and oxygen atoms in total. The van der Waals surface area contributed by atoms with Crippen LogP contribution in [-0.2, 0) is 4.74 Å². The zero-order chi connectivity index (χ0) is 10.8. The summed E-state index contributed by atoms with van der Waals surface area (Å²) in [5.41, 5.74) is 1.37. The van der Waals surface area contributed by atoms with Crippen molar-refractivity contribution < 1.29 is 4.74 Å². The molecule has 0 unspecified atom stereocenters. The molecule has 1 saturated heterocycles. The molecule has 1 heterocycles. The van der Waals surface area contributed by atoms with Gasteiger partial charge in [0.25, 0.3) is 0 Å². The molecule has 1 saturated carbocycles. The average Bonchev–Trinajstić information content (AvgIpc) is 2.39. The van der Waals surface area contributed by atoms with E-state index in [1.54, 1.807) is 0 Å². The van der Waals surface area contributed by atoms with E-state index in [2.05, 4.69) is 30.3 Å². The molecule has 1 heteroatoms. The highest BCUT2D eigenvalue weighted by atomic mass is 16.5. The maximum absolute atomic E-state index is 6.28. The van der Waals surface area contributed by atoms with Crippen LogP contribution in [0.1, 0.15) is 50.2 Å². The van der Waals surface area contributed by atoms with Crippen LogP contribution in [0.3, 0.4) is 0 Å². The van der Waals surface area contributed by atoms with Gasteiger partial charge in [0.1, 0.15) is 0 Å². The first kappa shape index (κ1) is 10.3. The summed E-state index contributed by atoms with van der Waals surface area (Å²) >= 11 is 0. The number of benzene rings is 1. The van der Waals surface area contributed by atoms with E-state index in [-0.39, 0.29) is 0 Å². The van der Waals surface area contributed by atoms with Crippen LogP contribution in [0.4, 0.5) is 0 Å². The molecule has 3 rings (SSSR count). The van der Waals surface area contributed by atoms with E-state index in [0.717, 1.165) is 5.92 Å². The van der Waals surface area contributed by atoms with E-state index in [4.69, 9.17) is 4.74 Å². The molecule has 0 radical (unpaired) electrons. The zero-order valence-electron chi connectivity index (χ0n) is 9.77. The Labute approximate surface area is 97.8 Å². The lowest BCUT2D eigenvalue weighted by Gasteiger charge is -2.39. The SMILES string of the molecule is c1ccc([C@H]2CC[C@@H]3CCCC[C@H]3O2)cc1. The molecule has 2 aliphatic rings. The van der Waals surface area contributed by atoms with Crippen molar-refractivity contribution in [3.05, 3.63) is 35.9 Å². The van der Waals surface area contributed by atoms with Crippen molar-refractivity contribution in [1.29, 1.82) is 0 Å². The average molecular weight is 216 g/mol. The summed E-state index contributed by atoms with van der Waals surface area (Å²) in [7, 11) is 0. The van der Waals surface area contributed by atoms with Gasteiger partial charge in [-0.2, -0.15) is 0 Å². The van der Waals surface area contributed by atoms with E-state index in [9.17, 15) is 0 Å². The molecule has 1 aromatic rings. The molecule has 1 aromatic carbocycles. The summed E-state index contributed by atoms with van der Waals surface area (Å²) in [6.07, 6.45) is 8.95. The third kappa shape index (κ3) is 2.01. The van der Waals surface area contributed by atoms with Crippen molar-refractivity contribution in [1.82, 2.24) is 0 Å². The van der Waals surface area contributed by atoms with E-state index in [1.165, 1.54) is 44.1 Å². The van der Waals surface area contributed by atoms with Gasteiger partial charge in [0.15, 0.2) is 0 Å². The zero-order valence-corrected chi connectivity index (χ0v) is 9.77. The van der Waals surface area contributed by atoms with Crippen molar-refractivity contribution in [3.8, 4) is 0 Å². The summed E-state index contributed by atoms with van der Waals surface area (Å²) < 4.78 is 6.28. The monoisotopic (exact) mass is 216 g/mol. The molecule has 16 heavy (non-hydrogen) atoms. The summed E-state index contributed by atoms with van der Waals surface area (Å²) in [4.78, 5) is 0. The van der Waals surface area contributed by atoms with Crippen LogP contribution in [0, 0.1) is 5.92 Å². The Hall–Kier alpha value is -0.820. The van der Waals surface area contributed by atoms with Gasteiger partial charge in [0, 0.05) is 0 Å².